The zero-order valence-electron chi connectivity index (χ0n) is 10.6. The number of aromatic nitrogens is 1. The van der Waals surface area contributed by atoms with Crippen molar-refractivity contribution >= 4 is 25.8 Å². The molecule has 1 atom stereocenters. The van der Waals surface area contributed by atoms with Crippen molar-refractivity contribution in [2.75, 3.05) is 6.26 Å². The molecule has 96 valence electrons. The van der Waals surface area contributed by atoms with Gasteiger partial charge in [-0.05, 0) is 32.4 Å². The molecule has 0 spiro atoms. The first-order valence-corrected chi connectivity index (χ1v) is 8.20. The largest absolute Gasteiger partial charge is 0.261 e. The second-order valence-corrected chi connectivity index (χ2v) is 8.58. The van der Waals surface area contributed by atoms with E-state index >= 15 is 0 Å². The predicted molar refractivity (Wildman–Crippen MR) is 74.3 cm³/mol. The lowest BCUT2D eigenvalue weighted by atomic mass is 10.0. The van der Waals surface area contributed by atoms with Gasteiger partial charge in [0, 0.05) is 29.4 Å². The molecular formula is C12H18BrNO2S. The van der Waals surface area contributed by atoms with Gasteiger partial charge < -0.3 is 0 Å². The van der Waals surface area contributed by atoms with Gasteiger partial charge in [0.2, 0.25) is 0 Å². The Hall–Kier alpha value is -0.420. The van der Waals surface area contributed by atoms with Gasteiger partial charge in [-0.1, -0.05) is 22.0 Å². The average Bonchev–Trinajstić information content (AvgIpc) is 2.19. The molecule has 0 saturated carbocycles. The molecule has 17 heavy (non-hydrogen) atoms. The number of sulfone groups is 1. The Morgan fingerprint density at radius 1 is 1.41 bits per heavy atom. The lowest BCUT2D eigenvalue weighted by Gasteiger charge is -2.28. The van der Waals surface area contributed by atoms with E-state index in [1.807, 2.05) is 19.1 Å². The maximum absolute atomic E-state index is 11.7. The molecular weight excluding hydrogens is 302 g/mol. The summed E-state index contributed by atoms with van der Waals surface area (Å²) in [4.78, 5) is 4.14. The van der Waals surface area contributed by atoms with E-state index in [9.17, 15) is 8.42 Å². The predicted octanol–water partition coefficient (Wildman–Crippen LogP) is 2.52. The third-order valence-electron chi connectivity index (χ3n) is 3.07. The number of hydrogen-bond acceptors (Lipinski definition) is 3. The van der Waals surface area contributed by atoms with Crippen LogP contribution in [0.1, 0.15) is 25.1 Å². The van der Waals surface area contributed by atoms with E-state index < -0.39 is 14.6 Å². The van der Waals surface area contributed by atoms with E-state index in [2.05, 4.69) is 20.9 Å². The summed E-state index contributed by atoms with van der Waals surface area (Å²) in [5, 5.41) is 0. The summed E-state index contributed by atoms with van der Waals surface area (Å²) in [6.45, 7) is 5.44. The minimum absolute atomic E-state index is 0.153. The molecule has 0 radical (unpaired) electrons. The van der Waals surface area contributed by atoms with Crippen LogP contribution in [0.2, 0.25) is 0 Å². The van der Waals surface area contributed by atoms with Gasteiger partial charge in [0.15, 0.2) is 9.84 Å². The topological polar surface area (TPSA) is 47.0 Å². The Bertz CT molecular complexity index is 480. The highest BCUT2D eigenvalue weighted by atomic mass is 79.9. The van der Waals surface area contributed by atoms with Crippen molar-refractivity contribution in [2.24, 2.45) is 0 Å². The lowest BCUT2D eigenvalue weighted by Crippen LogP contribution is -2.41. The van der Waals surface area contributed by atoms with E-state index in [-0.39, 0.29) is 4.83 Å². The van der Waals surface area contributed by atoms with Crippen LogP contribution in [0.5, 0.6) is 0 Å². The smallest absolute Gasteiger partial charge is 0.153 e. The van der Waals surface area contributed by atoms with Gasteiger partial charge in [0.25, 0.3) is 0 Å². The van der Waals surface area contributed by atoms with E-state index in [0.29, 0.717) is 6.42 Å². The average molecular weight is 320 g/mol. The Labute approximate surface area is 112 Å². The monoisotopic (exact) mass is 319 g/mol. The second kappa shape index (κ2) is 5.06. The van der Waals surface area contributed by atoms with Gasteiger partial charge >= 0.3 is 0 Å². The standard InChI is InChI=1S/C12H18BrNO2S/c1-9-5-6-10(14-8-9)7-11(13)12(2,3)17(4,15)16/h5-6,8,11H,7H2,1-4H3. The highest BCUT2D eigenvalue weighted by molar-refractivity contribution is 9.09. The first-order valence-electron chi connectivity index (χ1n) is 5.40. The van der Waals surface area contributed by atoms with Crippen molar-refractivity contribution in [3.8, 4) is 0 Å². The molecule has 0 aliphatic carbocycles. The van der Waals surface area contributed by atoms with Crippen molar-refractivity contribution in [1.29, 1.82) is 0 Å². The summed E-state index contributed by atoms with van der Waals surface area (Å²) < 4.78 is 22.6. The Kier molecular flexibility index (Phi) is 4.36. The van der Waals surface area contributed by atoms with Crippen LogP contribution in [0.25, 0.3) is 0 Å². The normalized spacial score (nSPS) is 14.6. The molecule has 1 rings (SSSR count). The number of hydrogen-bond donors (Lipinski definition) is 0. The summed E-state index contributed by atoms with van der Waals surface area (Å²) >= 11 is 3.47. The second-order valence-electron chi connectivity index (χ2n) is 4.87. The third kappa shape index (κ3) is 3.52. The third-order valence-corrected chi connectivity index (χ3v) is 7.04. The van der Waals surface area contributed by atoms with Crippen molar-refractivity contribution in [1.82, 2.24) is 4.98 Å². The fourth-order valence-corrected chi connectivity index (χ4v) is 3.18. The molecule has 0 aliphatic rings. The number of pyridine rings is 1. The molecule has 0 amide bonds. The molecule has 0 aliphatic heterocycles. The molecule has 0 aromatic carbocycles. The van der Waals surface area contributed by atoms with Gasteiger partial charge in [0.1, 0.15) is 0 Å². The zero-order valence-corrected chi connectivity index (χ0v) is 13.0. The van der Waals surface area contributed by atoms with Crippen molar-refractivity contribution in [3.63, 3.8) is 0 Å². The van der Waals surface area contributed by atoms with Crippen LogP contribution in [0.15, 0.2) is 18.3 Å². The van der Waals surface area contributed by atoms with Crippen molar-refractivity contribution in [3.05, 3.63) is 29.6 Å². The van der Waals surface area contributed by atoms with Crippen molar-refractivity contribution in [2.45, 2.75) is 36.8 Å². The SMILES string of the molecule is Cc1ccc(CC(Br)C(C)(C)S(C)(=O)=O)nc1. The first kappa shape index (κ1) is 14.6. The van der Waals surface area contributed by atoms with E-state index in [0.717, 1.165) is 11.3 Å². The summed E-state index contributed by atoms with van der Waals surface area (Å²) in [6.07, 6.45) is 3.66. The Morgan fingerprint density at radius 2 is 2.00 bits per heavy atom. The molecule has 3 nitrogen and oxygen atoms in total. The molecule has 0 N–H and O–H groups in total. The van der Waals surface area contributed by atoms with Crippen LogP contribution in [0.3, 0.4) is 0 Å². The number of aryl methyl sites for hydroxylation is 1. The summed E-state index contributed by atoms with van der Waals surface area (Å²) in [5.41, 5.74) is 2.00. The highest BCUT2D eigenvalue weighted by Crippen LogP contribution is 2.28. The number of alkyl halides is 1. The fraction of sp³-hybridized carbons (Fsp3) is 0.583. The lowest BCUT2D eigenvalue weighted by molar-refractivity contribution is 0.541. The Morgan fingerprint density at radius 3 is 2.41 bits per heavy atom. The molecule has 0 saturated heterocycles. The van der Waals surface area contributed by atoms with Crippen LogP contribution >= 0.6 is 15.9 Å². The van der Waals surface area contributed by atoms with E-state index in [1.165, 1.54) is 6.26 Å². The molecule has 1 aromatic heterocycles. The molecule has 1 unspecified atom stereocenters. The number of halogens is 1. The van der Waals surface area contributed by atoms with Crippen LogP contribution < -0.4 is 0 Å². The van der Waals surface area contributed by atoms with Gasteiger partial charge in [-0.25, -0.2) is 8.42 Å². The fourth-order valence-electron chi connectivity index (χ4n) is 1.28. The van der Waals surface area contributed by atoms with Crippen LogP contribution in [-0.2, 0) is 16.3 Å². The van der Waals surface area contributed by atoms with Gasteiger partial charge in [-0.2, -0.15) is 0 Å². The van der Waals surface area contributed by atoms with Gasteiger partial charge in [-0.15, -0.1) is 0 Å². The molecule has 0 bridgehead atoms. The maximum atomic E-state index is 11.7. The maximum Gasteiger partial charge on any atom is 0.153 e. The van der Waals surface area contributed by atoms with Gasteiger partial charge in [-0.3, -0.25) is 4.98 Å². The van der Waals surface area contributed by atoms with Crippen LogP contribution in [0, 0.1) is 6.92 Å². The molecule has 0 fully saturated rings. The quantitative estimate of drug-likeness (QED) is 0.801. The summed E-state index contributed by atoms with van der Waals surface area (Å²) in [5.74, 6) is 0. The minimum Gasteiger partial charge on any atom is -0.261 e. The minimum atomic E-state index is -3.10. The molecule has 5 heteroatoms. The van der Waals surface area contributed by atoms with E-state index in [1.54, 1.807) is 20.0 Å². The van der Waals surface area contributed by atoms with E-state index in [4.69, 9.17) is 0 Å². The van der Waals surface area contributed by atoms with Crippen LogP contribution in [0.4, 0.5) is 0 Å². The number of nitrogens with zero attached hydrogens (tertiary/aromatic N) is 1. The molecule has 1 heterocycles. The van der Waals surface area contributed by atoms with Crippen molar-refractivity contribution < 1.29 is 8.42 Å². The highest BCUT2D eigenvalue weighted by Gasteiger charge is 2.37. The number of rotatable bonds is 4. The van der Waals surface area contributed by atoms with Crippen LogP contribution in [-0.4, -0.2) is 29.2 Å². The summed E-state index contributed by atoms with van der Waals surface area (Å²) in [7, 11) is -3.10. The Balaban J connectivity index is 2.86. The van der Waals surface area contributed by atoms with Gasteiger partial charge in [0.05, 0.1) is 4.75 Å². The summed E-state index contributed by atoms with van der Waals surface area (Å²) in [6, 6.07) is 3.91. The molecule has 1 aromatic rings. The first-order chi connectivity index (χ1) is 7.64. The zero-order chi connectivity index (χ0) is 13.3.